The smallest absolute Gasteiger partial charge is 0.342 e. The molecule has 0 atom stereocenters. The van der Waals surface area contributed by atoms with E-state index in [1.807, 2.05) is 4.98 Å². The first kappa shape index (κ1) is 13.5. The lowest BCUT2D eigenvalue weighted by Crippen LogP contribution is -2.34. The minimum absolute atomic E-state index is 0.402. The summed E-state index contributed by atoms with van der Waals surface area (Å²) in [6, 6.07) is 0. The molecule has 7 nitrogen and oxygen atoms in total. The third kappa shape index (κ3) is 3.31. The second-order valence-corrected chi connectivity index (χ2v) is 4.70. The van der Waals surface area contributed by atoms with Crippen LogP contribution in [0.1, 0.15) is 29.6 Å². The maximum absolute atomic E-state index is 11.5. The van der Waals surface area contributed by atoms with Gasteiger partial charge in [0.15, 0.2) is 0 Å². The molecule has 1 fully saturated rings. The molecule has 1 aliphatic heterocycles. The molecule has 0 saturated carbocycles. The molecule has 0 bridgehead atoms. The topological polar surface area (TPSA) is 95.4 Å². The Morgan fingerprint density at radius 2 is 1.95 bits per heavy atom. The second-order valence-electron chi connectivity index (χ2n) is 4.70. The highest BCUT2D eigenvalue weighted by Crippen LogP contribution is 2.07. The summed E-state index contributed by atoms with van der Waals surface area (Å²) in [7, 11) is 0. The summed E-state index contributed by atoms with van der Waals surface area (Å²) in [6.45, 7) is 3.46. The Morgan fingerprint density at radius 3 is 2.58 bits per heavy atom. The minimum atomic E-state index is -1.32. The van der Waals surface area contributed by atoms with Gasteiger partial charge in [0, 0.05) is 12.7 Å². The Morgan fingerprint density at radius 1 is 1.26 bits per heavy atom. The number of nitrogens with one attached hydrogen (secondary N) is 1. The van der Waals surface area contributed by atoms with Gasteiger partial charge < -0.3 is 10.0 Å². The van der Waals surface area contributed by atoms with Crippen LogP contribution in [-0.4, -0.2) is 45.2 Å². The van der Waals surface area contributed by atoms with Crippen LogP contribution < -0.4 is 11.2 Å². The molecule has 0 radical (unpaired) electrons. The average molecular weight is 267 g/mol. The Bertz CT molecular complexity index is 569. The van der Waals surface area contributed by atoms with Gasteiger partial charge in [-0.05, 0) is 38.9 Å². The summed E-state index contributed by atoms with van der Waals surface area (Å²) in [6.07, 6.45) is 4.29. The quantitative estimate of drug-likeness (QED) is 0.765. The van der Waals surface area contributed by atoms with E-state index in [4.69, 9.17) is 5.11 Å². The van der Waals surface area contributed by atoms with Crippen molar-refractivity contribution in [2.24, 2.45) is 0 Å². The van der Waals surface area contributed by atoms with Gasteiger partial charge in [-0.15, -0.1) is 0 Å². The molecule has 0 unspecified atom stereocenters. The number of rotatable bonds is 5. The molecule has 2 heterocycles. The van der Waals surface area contributed by atoms with Crippen LogP contribution in [0.15, 0.2) is 15.8 Å². The molecule has 19 heavy (non-hydrogen) atoms. The van der Waals surface area contributed by atoms with E-state index in [-0.39, 0.29) is 0 Å². The monoisotopic (exact) mass is 267 g/mol. The van der Waals surface area contributed by atoms with Crippen molar-refractivity contribution < 1.29 is 9.90 Å². The van der Waals surface area contributed by atoms with Crippen molar-refractivity contribution in [3.05, 3.63) is 32.6 Å². The van der Waals surface area contributed by atoms with Crippen molar-refractivity contribution in [1.82, 2.24) is 14.5 Å². The Hall–Kier alpha value is -1.89. The van der Waals surface area contributed by atoms with Crippen LogP contribution in [0.4, 0.5) is 0 Å². The van der Waals surface area contributed by atoms with Gasteiger partial charge in [0.2, 0.25) is 0 Å². The van der Waals surface area contributed by atoms with Gasteiger partial charge in [0.05, 0.1) is 0 Å². The van der Waals surface area contributed by atoms with Crippen LogP contribution in [0.2, 0.25) is 0 Å². The number of carbonyl (C=O) groups is 1. The fraction of sp³-hybridized carbons (Fsp3) is 0.583. The van der Waals surface area contributed by atoms with Crippen molar-refractivity contribution in [1.29, 1.82) is 0 Å². The van der Waals surface area contributed by atoms with Crippen LogP contribution in [0.3, 0.4) is 0 Å². The molecule has 7 heteroatoms. The predicted molar refractivity (Wildman–Crippen MR) is 68.6 cm³/mol. The molecule has 0 spiro atoms. The zero-order valence-corrected chi connectivity index (χ0v) is 10.6. The summed E-state index contributed by atoms with van der Waals surface area (Å²) in [5.74, 6) is -1.32. The normalized spacial score (nSPS) is 15.8. The first-order valence-electron chi connectivity index (χ1n) is 6.37. The SMILES string of the molecule is O=C(O)c1cn(CCCN2CCCC2)c(=O)[nH]c1=O. The molecular formula is C12H17N3O4. The molecule has 1 aromatic rings. The number of aromatic nitrogens is 2. The summed E-state index contributed by atoms with van der Waals surface area (Å²) in [4.78, 5) is 38.0. The maximum Gasteiger partial charge on any atom is 0.342 e. The molecule has 1 saturated heterocycles. The van der Waals surface area contributed by atoms with Gasteiger partial charge in [-0.25, -0.2) is 9.59 Å². The molecule has 1 aliphatic rings. The van der Waals surface area contributed by atoms with E-state index in [0.717, 1.165) is 32.3 Å². The van der Waals surface area contributed by atoms with E-state index >= 15 is 0 Å². The number of carboxylic acids is 1. The highest BCUT2D eigenvalue weighted by atomic mass is 16.4. The molecule has 2 N–H and O–H groups in total. The Balaban J connectivity index is 2.03. The Kier molecular flexibility index (Phi) is 4.16. The van der Waals surface area contributed by atoms with E-state index in [2.05, 4.69) is 4.90 Å². The van der Waals surface area contributed by atoms with E-state index in [1.165, 1.54) is 17.4 Å². The zero-order chi connectivity index (χ0) is 13.8. The number of hydrogen-bond donors (Lipinski definition) is 2. The van der Waals surface area contributed by atoms with E-state index in [9.17, 15) is 14.4 Å². The van der Waals surface area contributed by atoms with Gasteiger partial charge >= 0.3 is 11.7 Å². The number of carboxylic acid groups (broad SMARTS) is 1. The van der Waals surface area contributed by atoms with Crippen LogP contribution in [0, 0.1) is 0 Å². The number of H-pyrrole nitrogens is 1. The van der Waals surface area contributed by atoms with E-state index in [0.29, 0.717) is 6.54 Å². The van der Waals surface area contributed by atoms with Gasteiger partial charge in [-0.2, -0.15) is 0 Å². The summed E-state index contributed by atoms with van der Waals surface area (Å²) < 4.78 is 1.25. The maximum atomic E-state index is 11.5. The van der Waals surface area contributed by atoms with Crippen LogP contribution in [-0.2, 0) is 6.54 Å². The first-order valence-corrected chi connectivity index (χ1v) is 6.37. The lowest BCUT2D eigenvalue weighted by atomic mass is 10.3. The number of hydrogen-bond acceptors (Lipinski definition) is 4. The molecule has 2 rings (SSSR count). The van der Waals surface area contributed by atoms with Crippen molar-refractivity contribution in [2.75, 3.05) is 19.6 Å². The number of likely N-dealkylation sites (tertiary alicyclic amines) is 1. The minimum Gasteiger partial charge on any atom is -0.477 e. The standard InChI is InChI=1S/C12H17N3O4/c16-10-9(11(17)18)8-15(12(19)13-10)7-3-6-14-4-1-2-5-14/h8H,1-7H2,(H,17,18)(H,13,16,19). The largest absolute Gasteiger partial charge is 0.477 e. The van der Waals surface area contributed by atoms with Crippen molar-refractivity contribution >= 4 is 5.97 Å². The molecule has 0 aliphatic carbocycles. The van der Waals surface area contributed by atoms with Gasteiger partial charge in [-0.3, -0.25) is 14.3 Å². The summed E-state index contributed by atoms with van der Waals surface area (Å²) >= 11 is 0. The third-order valence-corrected chi connectivity index (χ3v) is 3.31. The third-order valence-electron chi connectivity index (χ3n) is 3.31. The van der Waals surface area contributed by atoms with Crippen LogP contribution in [0.25, 0.3) is 0 Å². The van der Waals surface area contributed by atoms with Gasteiger partial charge in [0.1, 0.15) is 5.56 Å². The van der Waals surface area contributed by atoms with E-state index < -0.39 is 22.8 Å². The number of aromatic amines is 1. The predicted octanol–water partition coefficient (Wildman–Crippen LogP) is -0.279. The number of aromatic carboxylic acids is 1. The highest BCUT2D eigenvalue weighted by Gasteiger charge is 2.13. The van der Waals surface area contributed by atoms with Crippen molar-refractivity contribution in [3.8, 4) is 0 Å². The molecule has 104 valence electrons. The average Bonchev–Trinajstić information content (AvgIpc) is 2.84. The van der Waals surface area contributed by atoms with Gasteiger partial charge in [-0.1, -0.05) is 0 Å². The lowest BCUT2D eigenvalue weighted by Gasteiger charge is -2.14. The van der Waals surface area contributed by atoms with E-state index in [1.54, 1.807) is 0 Å². The molecule has 1 aromatic heterocycles. The first-order chi connectivity index (χ1) is 9.08. The molecule has 0 amide bonds. The second kappa shape index (κ2) is 5.83. The number of aryl methyl sites for hydroxylation is 1. The van der Waals surface area contributed by atoms with Crippen LogP contribution >= 0.6 is 0 Å². The highest BCUT2D eigenvalue weighted by molar-refractivity contribution is 5.86. The van der Waals surface area contributed by atoms with Crippen LogP contribution in [0.5, 0.6) is 0 Å². The number of nitrogens with zero attached hydrogens (tertiary/aromatic N) is 2. The van der Waals surface area contributed by atoms with Gasteiger partial charge in [0.25, 0.3) is 5.56 Å². The molecular weight excluding hydrogens is 250 g/mol. The fourth-order valence-electron chi connectivity index (χ4n) is 2.30. The van der Waals surface area contributed by atoms with Crippen molar-refractivity contribution in [2.45, 2.75) is 25.8 Å². The zero-order valence-electron chi connectivity index (χ0n) is 10.6. The van der Waals surface area contributed by atoms with Crippen molar-refractivity contribution in [3.63, 3.8) is 0 Å². The summed E-state index contributed by atoms with van der Waals surface area (Å²) in [5, 5.41) is 8.84. The molecule has 0 aromatic carbocycles. The Labute approximate surface area is 109 Å². The lowest BCUT2D eigenvalue weighted by molar-refractivity contribution is 0.0693. The fourth-order valence-corrected chi connectivity index (χ4v) is 2.30. The summed E-state index contributed by atoms with van der Waals surface area (Å²) in [5.41, 5.74) is -1.81.